The molecular formula is C18H15F4N3O3S. The molecule has 1 saturated heterocycles. The molecule has 0 aromatic carbocycles. The average Bonchev–Trinajstić information content (AvgIpc) is 3.22. The number of thiophene rings is 1. The highest BCUT2D eigenvalue weighted by molar-refractivity contribution is 7.13. The summed E-state index contributed by atoms with van der Waals surface area (Å²) in [4.78, 5) is 28.1. The van der Waals surface area contributed by atoms with Crippen LogP contribution in [0.1, 0.15) is 6.42 Å². The molecule has 154 valence electrons. The van der Waals surface area contributed by atoms with Gasteiger partial charge in [0.15, 0.2) is 5.82 Å². The van der Waals surface area contributed by atoms with Crippen LogP contribution in [0.25, 0.3) is 21.5 Å². The second kappa shape index (κ2) is 8.19. The number of halogens is 4. The predicted octanol–water partition coefficient (Wildman–Crippen LogP) is 3.77. The largest absolute Gasteiger partial charge is 0.490 e. The Labute approximate surface area is 166 Å². The van der Waals surface area contributed by atoms with Crippen LogP contribution in [0.2, 0.25) is 0 Å². The summed E-state index contributed by atoms with van der Waals surface area (Å²) in [7, 11) is 0. The molecule has 3 aromatic rings. The number of alkyl halides is 3. The van der Waals surface area contributed by atoms with Gasteiger partial charge in [0.25, 0.3) is 0 Å². The van der Waals surface area contributed by atoms with Gasteiger partial charge in [0.1, 0.15) is 12.1 Å². The third kappa shape index (κ3) is 4.73. The van der Waals surface area contributed by atoms with Crippen LogP contribution < -0.4 is 0 Å². The monoisotopic (exact) mass is 429 g/mol. The Balaban J connectivity index is 0.000000298. The van der Waals surface area contributed by atoms with Gasteiger partial charge in [0, 0.05) is 35.9 Å². The molecule has 0 aliphatic carbocycles. The molecule has 0 radical (unpaired) electrons. The minimum Gasteiger partial charge on any atom is -0.475 e. The molecule has 11 heteroatoms. The Bertz CT molecular complexity index is 1030. The first kappa shape index (κ1) is 20.8. The molecule has 4 rings (SSSR count). The second-order valence-electron chi connectivity index (χ2n) is 6.21. The number of pyridine rings is 1. The topological polar surface area (TPSA) is 75.4 Å². The summed E-state index contributed by atoms with van der Waals surface area (Å²) in [5.41, 5.74) is 1.92. The Kier molecular flexibility index (Phi) is 5.87. The number of aliphatic carboxylic acids is 1. The molecule has 4 heterocycles. The number of hydrogen-bond donors (Lipinski definition) is 1. The maximum absolute atomic E-state index is 14.0. The van der Waals surface area contributed by atoms with E-state index in [1.54, 1.807) is 27.0 Å². The van der Waals surface area contributed by atoms with Gasteiger partial charge in [0.2, 0.25) is 5.91 Å². The zero-order chi connectivity index (χ0) is 21.2. The van der Waals surface area contributed by atoms with Crippen molar-refractivity contribution in [3.05, 3.63) is 41.8 Å². The van der Waals surface area contributed by atoms with E-state index < -0.39 is 12.1 Å². The Morgan fingerprint density at radius 1 is 1.28 bits per heavy atom. The number of likely N-dealkylation sites (tertiary alicyclic amines) is 1. The Morgan fingerprint density at radius 2 is 1.97 bits per heavy atom. The second-order valence-corrected chi connectivity index (χ2v) is 7.16. The summed E-state index contributed by atoms with van der Waals surface area (Å²) in [6.45, 7) is 1.77. The van der Waals surface area contributed by atoms with Crippen molar-refractivity contribution in [3.8, 4) is 10.4 Å². The van der Waals surface area contributed by atoms with Gasteiger partial charge in [-0.05, 0) is 23.9 Å². The highest BCUT2D eigenvalue weighted by atomic mass is 32.1. The summed E-state index contributed by atoms with van der Waals surface area (Å²) in [5.74, 6) is -3.11. The van der Waals surface area contributed by atoms with Gasteiger partial charge in [0.05, 0.1) is 5.52 Å². The van der Waals surface area contributed by atoms with E-state index in [-0.39, 0.29) is 18.3 Å². The van der Waals surface area contributed by atoms with Crippen LogP contribution >= 0.6 is 11.3 Å². The number of hydrogen-bond acceptors (Lipinski definition) is 4. The molecule has 0 saturated carbocycles. The molecule has 6 nitrogen and oxygen atoms in total. The zero-order valence-electron chi connectivity index (χ0n) is 14.8. The fourth-order valence-corrected chi connectivity index (χ4v) is 3.35. The molecule has 0 atom stereocenters. The lowest BCUT2D eigenvalue weighted by Crippen LogP contribution is -2.43. The SMILES string of the molecule is O=C(Cn1cc(F)c2ncc(-c3cccs3)cc21)N1CCC1.O=C(O)C(F)(F)F. The molecule has 0 unspecified atom stereocenters. The molecule has 0 spiro atoms. The maximum atomic E-state index is 14.0. The van der Waals surface area contributed by atoms with E-state index in [9.17, 15) is 22.4 Å². The van der Waals surface area contributed by atoms with Crippen LogP contribution in [-0.2, 0) is 16.1 Å². The molecule has 0 bridgehead atoms. The van der Waals surface area contributed by atoms with E-state index in [4.69, 9.17) is 9.90 Å². The first-order chi connectivity index (χ1) is 13.7. The first-order valence-corrected chi connectivity index (χ1v) is 9.31. The van der Waals surface area contributed by atoms with E-state index in [1.165, 1.54) is 6.20 Å². The third-order valence-electron chi connectivity index (χ3n) is 4.23. The van der Waals surface area contributed by atoms with Gasteiger partial charge in [-0.1, -0.05) is 6.07 Å². The van der Waals surface area contributed by atoms with Gasteiger partial charge in [-0.15, -0.1) is 11.3 Å². The summed E-state index contributed by atoms with van der Waals surface area (Å²) in [5, 5.41) is 9.12. The van der Waals surface area contributed by atoms with Gasteiger partial charge in [-0.25, -0.2) is 9.18 Å². The first-order valence-electron chi connectivity index (χ1n) is 8.43. The van der Waals surface area contributed by atoms with Crippen molar-refractivity contribution >= 4 is 34.2 Å². The van der Waals surface area contributed by atoms with Crippen LogP contribution in [0.3, 0.4) is 0 Å². The summed E-state index contributed by atoms with van der Waals surface area (Å²) in [6, 6.07) is 5.88. The lowest BCUT2D eigenvalue weighted by Gasteiger charge is -2.31. The Hall–Kier alpha value is -2.95. The molecule has 3 aromatic heterocycles. The molecular weight excluding hydrogens is 414 g/mol. The number of aromatic nitrogens is 2. The maximum Gasteiger partial charge on any atom is 0.490 e. The van der Waals surface area contributed by atoms with Crippen molar-refractivity contribution in [1.29, 1.82) is 0 Å². The minimum absolute atomic E-state index is 0.0321. The van der Waals surface area contributed by atoms with Crippen LogP contribution in [0.15, 0.2) is 36.0 Å². The van der Waals surface area contributed by atoms with Gasteiger partial charge < -0.3 is 14.6 Å². The number of rotatable bonds is 3. The van der Waals surface area contributed by atoms with E-state index >= 15 is 0 Å². The standard InChI is InChI=1S/C16H14FN3OS.C2HF3O2/c17-12-9-20(10-15(21)19-4-2-5-19)13-7-11(8-18-16(12)13)14-3-1-6-22-14;3-2(4,5)1(6)7/h1,3,6-9H,2,4-5,10H2;(H,6,7). The van der Waals surface area contributed by atoms with Gasteiger partial charge in [-0.3, -0.25) is 9.78 Å². The van der Waals surface area contributed by atoms with Crippen LogP contribution in [0, 0.1) is 5.82 Å². The molecule has 1 fully saturated rings. The van der Waals surface area contributed by atoms with E-state index in [2.05, 4.69) is 4.98 Å². The van der Waals surface area contributed by atoms with E-state index in [0.29, 0.717) is 11.0 Å². The number of carbonyl (C=O) groups excluding carboxylic acids is 1. The lowest BCUT2D eigenvalue weighted by atomic mass is 10.2. The van der Waals surface area contributed by atoms with Crippen molar-refractivity contribution in [2.45, 2.75) is 19.1 Å². The fraction of sp³-hybridized carbons (Fsp3) is 0.278. The highest BCUT2D eigenvalue weighted by Gasteiger charge is 2.38. The van der Waals surface area contributed by atoms with Crippen LogP contribution in [0.5, 0.6) is 0 Å². The van der Waals surface area contributed by atoms with Crippen LogP contribution in [0.4, 0.5) is 17.6 Å². The summed E-state index contributed by atoms with van der Waals surface area (Å²) < 4.78 is 47.4. The molecule has 1 amide bonds. The van der Waals surface area contributed by atoms with E-state index in [0.717, 1.165) is 30.0 Å². The van der Waals surface area contributed by atoms with Crippen molar-refractivity contribution in [3.63, 3.8) is 0 Å². The predicted molar refractivity (Wildman–Crippen MR) is 97.9 cm³/mol. The average molecular weight is 429 g/mol. The Morgan fingerprint density at radius 3 is 2.48 bits per heavy atom. The van der Waals surface area contributed by atoms with Gasteiger partial charge in [-0.2, -0.15) is 13.2 Å². The van der Waals surface area contributed by atoms with Crippen molar-refractivity contribution in [2.24, 2.45) is 0 Å². The molecule has 1 aliphatic heterocycles. The normalized spacial score (nSPS) is 13.6. The number of carboxylic acid groups (broad SMARTS) is 1. The number of nitrogens with zero attached hydrogens (tertiary/aromatic N) is 3. The number of carbonyl (C=O) groups is 2. The van der Waals surface area contributed by atoms with Crippen LogP contribution in [-0.4, -0.2) is 50.7 Å². The lowest BCUT2D eigenvalue weighted by molar-refractivity contribution is -0.192. The summed E-state index contributed by atoms with van der Waals surface area (Å²) in [6.07, 6.45) is -0.983. The smallest absolute Gasteiger partial charge is 0.475 e. The van der Waals surface area contributed by atoms with Gasteiger partial charge >= 0.3 is 12.1 Å². The highest BCUT2D eigenvalue weighted by Crippen LogP contribution is 2.28. The van der Waals surface area contributed by atoms with Crippen molar-refractivity contribution < 1.29 is 32.3 Å². The van der Waals surface area contributed by atoms with Crippen molar-refractivity contribution in [1.82, 2.24) is 14.5 Å². The third-order valence-corrected chi connectivity index (χ3v) is 5.15. The molecule has 1 N–H and O–H groups in total. The summed E-state index contributed by atoms with van der Waals surface area (Å²) >= 11 is 1.61. The number of carboxylic acids is 1. The number of amides is 1. The van der Waals surface area contributed by atoms with E-state index in [1.807, 2.05) is 23.6 Å². The van der Waals surface area contributed by atoms with Crippen molar-refractivity contribution in [2.75, 3.05) is 13.1 Å². The molecule has 29 heavy (non-hydrogen) atoms. The quantitative estimate of drug-likeness (QED) is 0.644. The fourth-order valence-electron chi connectivity index (χ4n) is 2.64. The number of fused-ring (bicyclic) bond motifs is 1. The molecule has 1 aliphatic rings. The minimum atomic E-state index is -5.08. The zero-order valence-corrected chi connectivity index (χ0v) is 15.6.